The summed E-state index contributed by atoms with van der Waals surface area (Å²) < 4.78 is 37.9. The van der Waals surface area contributed by atoms with Crippen molar-refractivity contribution in [2.75, 3.05) is 24.9 Å². The SMILES string of the molecule is COc1ccc(NC(=O)Nc2nccn(-c3ccc(F)c(F)c3)c2=O)cc1OC. The minimum Gasteiger partial charge on any atom is -0.493 e. The second kappa shape index (κ2) is 8.38. The second-order valence-corrected chi connectivity index (χ2v) is 5.70. The number of anilines is 2. The van der Waals surface area contributed by atoms with Crippen LogP contribution in [0.3, 0.4) is 0 Å². The molecule has 0 fully saturated rings. The fourth-order valence-corrected chi connectivity index (χ4v) is 2.52. The molecule has 150 valence electrons. The summed E-state index contributed by atoms with van der Waals surface area (Å²) >= 11 is 0. The van der Waals surface area contributed by atoms with Gasteiger partial charge in [0.25, 0.3) is 5.56 Å². The first-order valence-electron chi connectivity index (χ1n) is 8.26. The lowest BCUT2D eigenvalue weighted by Gasteiger charge is -2.12. The van der Waals surface area contributed by atoms with Crippen LogP contribution >= 0.6 is 0 Å². The molecule has 3 rings (SSSR count). The number of amides is 2. The van der Waals surface area contributed by atoms with E-state index in [9.17, 15) is 18.4 Å². The van der Waals surface area contributed by atoms with E-state index in [1.165, 1.54) is 38.7 Å². The van der Waals surface area contributed by atoms with E-state index in [0.29, 0.717) is 17.2 Å². The van der Waals surface area contributed by atoms with Crippen molar-refractivity contribution in [1.82, 2.24) is 9.55 Å². The summed E-state index contributed by atoms with van der Waals surface area (Å²) in [5.74, 6) is -1.55. The van der Waals surface area contributed by atoms with E-state index in [0.717, 1.165) is 16.7 Å². The topological polar surface area (TPSA) is 94.5 Å². The number of urea groups is 1. The Balaban J connectivity index is 1.81. The van der Waals surface area contributed by atoms with Gasteiger partial charge >= 0.3 is 6.03 Å². The molecule has 8 nitrogen and oxygen atoms in total. The van der Waals surface area contributed by atoms with E-state index in [4.69, 9.17) is 9.47 Å². The predicted molar refractivity (Wildman–Crippen MR) is 102 cm³/mol. The van der Waals surface area contributed by atoms with Crippen LogP contribution in [0, 0.1) is 11.6 Å². The number of hydrogen-bond donors (Lipinski definition) is 2. The Kier molecular flexibility index (Phi) is 5.72. The molecule has 10 heteroatoms. The van der Waals surface area contributed by atoms with Crippen LogP contribution in [0.5, 0.6) is 11.5 Å². The van der Waals surface area contributed by atoms with E-state index >= 15 is 0 Å². The summed E-state index contributed by atoms with van der Waals surface area (Å²) in [4.78, 5) is 28.6. The molecule has 29 heavy (non-hydrogen) atoms. The van der Waals surface area contributed by atoms with Crippen molar-refractivity contribution in [3.05, 3.63) is 70.8 Å². The third kappa shape index (κ3) is 4.32. The van der Waals surface area contributed by atoms with E-state index in [1.807, 2.05) is 0 Å². The standard InChI is InChI=1S/C19H16F2N4O4/c1-28-15-6-3-11(9-16(15)29-2)23-19(27)24-17-18(26)25(8-7-22-17)12-4-5-13(20)14(21)10-12/h3-10H,1-2H3,(H2,22,23,24,27). The van der Waals surface area contributed by atoms with Gasteiger partial charge in [-0.3, -0.25) is 14.7 Å². The number of nitrogens with zero attached hydrogens (tertiary/aromatic N) is 2. The normalized spacial score (nSPS) is 10.3. The first-order valence-corrected chi connectivity index (χ1v) is 8.26. The van der Waals surface area contributed by atoms with Gasteiger partial charge in [0, 0.05) is 30.2 Å². The van der Waals surface area contributed by atoms with E-state index in [2.05, 4.69) is 15.6 Å². The number of aromatic nitrogens is 2. The summed E-state index contributed by atoms with van der Waals surface area (Å²) in [5.41, 5.74) is -0.252. The van der Waals surface area contributed by atoms with Crippen LogP contribution in [0.2, 0.25) is 0 Å². The fraction of sp³-hybridized carbons (Fsp3) is 0.105. The molecule has 0 saturated heterocycles. The summed E-state index contributed by atoms with van der Waals surface area (Å²) in [6.45, 7) is 0. The molecule has 2 N–H and O–H groups in total. The molecule has 0 spiro atoms. The lowest BCUT2D eigenvalue weighted by molar-refractivity contribution is 0.262. The molecule has 0 saturated carbocycles. The number of carbonyl (C=O) groups excluding carboxylic acids is 1. The first-order chi connectivity index (χ1) is 13.9. The third-order valence-electron chi connectivity index (χ3n) is 3.90. The third-order valence-corrected chi connectivity index (χ3v) is 3.90. The first kappa shape index (κ1) is 19.8. The average molecular weight is 402 g/mol. The highest BCUT2D eigenvalue weighted by Gasteiger charge is 2.13. The summed E-state index contributed by atoms with van der Waals surface area (Å²) in [5, 5.41) is 4.86. The van der Waals surface area contributed by atoms with Crippen molar-refractivity contribution < 1.29 is 23.0 Å². The van der Waals surface area contributed by atoms with Crippen molar-refractivity contribution in [3.8, 4) is 17.2 Å². The average Bonchev–Trinajstić information content (AvgIpc) is 2.71. The molecular weight excluding hydrogens is 386 g/mol. The van der Waals surface area contributed by atoms with E-state index < -0.39 is 23.2 Å². The van der Waals surface area contributed by atoms with Crippen molar-refractivity contribution >= 4 is 17.5 Å². The number of nitrogens with one attached hydrogen (secondary N) is 2. The van der Waals surface area contributed by atoms with Crippen LogP contribution < -0.4 is 25.7 Å². The number of halogens is 2. The zero-order valence-electron chi connectivity index (χ0n) is 15.4. The van der Waals surface area contributed by atoms with Crippen molar-refractivity contribution in [3.63, 3.8) is 0 Å². The molecule has 2 amide bonds. The van der Waals surface area contributed by atoms with E-state index in [1.54, 1.807) is 12.1 Å². The molecule has 1 aromatic heterocycles. The minimum atomic E-state index is -1.10. The van der Waals surface area contributed by atoms with Gasteiger partial charge in [-0.1, -0.05) is 0 Å². The molecule has 3 aromatic rings. The van der Waals surface area contributed by atoms with Gasteiger partial charge in [0.15, 0.2) is 23.1 Å². The quantitative estimate of drug-likeness (QED) is 0.684. The van der Waals surface area contributed by atoms with Crippen LogP contribution in [0.25, 0.3) is 5.69 Å². The van der Waals surface area contributed by atoms with Crippen LogP contribution in [-0.2, 0) is 0 Å². The summed E-state index contributed by atoms with van der Waals surface area (Å²) in [6.07, 6.45) is 2.51. The van der Waals surface area contributed by atoms with Crippen LogP contribution in [0.4, 0.5) is 25.1 Å². The summed E-state index contributed by atoms with van der Waals surface area (Å²) in [7, 11) is 2.94. The Morgan fingerprint density at radius 1 is 1.00 bits per heavy atom. The number of carbonyl (C=O) groups is 1. The maximum Gasteiger partial charge on any atom is 0.325 e. The number of rotatable bonds is 5. The number of hydrogen-bond acceptors (Lipinski definition) is 5. The Bertz CT molecular complexity index is 1120. The monoisotopic (exact) mass is 402 g/mol. The van der Waals surface area contributed by atoms with Crippen LogP contribution in [-0.4, -0.2) is 29.8 Å². The van der Waals surface area contributed by atoms with Gasteiger partial charge < -0.3 is 14.8 Å². The Hall–Kier alpha value is -3.95. The maximum absolute atomic E-state index is 13.5. The molecule has 0 bridgehead atoms. The van der Waals surface area contributed by atoms with Gasteiger partial charge in [-0.2, -0.15) is 0 Å². The van der Waals surface area contributed by atoms with Gasteiger partial charge in [0.2, 0.25) is 5.82 Å². The Morgan fingerprint density at radius 3 is 2.45 bits per heavy atom. The summed E-state index contributed by atoms with van der Waals surface area (Å²) in [6, 6.07) is 6.98. The highest BCUT2D eigenvalue weighted by atomic mass is 19.2. The lowest BCUT2D eigenvalue weighted by Crippen LogP contribution is -2.28. The Morgan fingerprint density at radius 2 is 1.76 bits per heavy atom. The molecule has 0 atom stereocenters. The maximum atomic E-state index is 13.5. The number of ether oxygens (including phenoxy) is 2. The highest BCUT2D eigenvalue weighted by Crippen LogP contribution is 2.29. The smallest absolute Gasteiger partial charge is 0.325 e. The van der Waals surface area contributed by atoms with Gasteiger partial charge in [0.1, 0.15) is 0 Å². The zero-order chi connectivity index (χ0) is 21.0. The number of benzene rings is 2. The fourth-order valence-electron chi connectivity index (χ4n) is 2.52. The van der Waals surface area contributed by atoms with Gasteiger partial charge in [-0.25, -0.2) is 18.6 Å². The largest absolute Gasteiger partial charge is 0.493 e. The molecule has 0 aliphatic rings. The van der Waals surface area contributed by atoms with Crippen molar-refractivity contribution in [1.29, 1.82) is 0 Å². The van der Waals surface area contributed by atoms with Crippen LogP contribution in [0.1, 0.15) is 0 Å². The van der Waals surface area contributed by atoms with Crippen molar-refractivity contribution in [2.24, 2.45) is 0 Å². The van der Waals surface area contributed by atoms with Gasteiger partial charge in [0.05, 0.1) is 19.9 Å². The second-order valence-electron chi connectivity index (χ2n) is 5.70. The lowest BCUT2D eigenvalue weighted by atomic mass is 10.3. The zero-order valence-corrected chi connectivity index (χ0v) is 15.4. The molecule has 0 radical (unpaired) electrons. The van der Waals surface area contributed by atoms with Crippen LogP contribution in [0.15, 0.2) is 53.6 Å². The van der Waals surface area contributed by atoms with Gasteiger partial charge in [-0.15, -0.1) is 0 Å². The Labute approximate surface area is 163 Å². The van der Waals surface area contributed by atoms with Gasteiger partial charge in [-0.05, 0) is 24.3 Å². The predicted octanol–water partition coefficient (Wildman–Crippen LogP) is 3.17. The number of methoxy groups -OCH3 is 2. The molecule has 2 aromatic carbocycles. The minimum absolute atomic E-state index is 0.0830. The molecule has 1 heterocycles. The molecule has 0 aliphatic carbocycles. The highest BCUT2D eigenvalue weighted by molar-refractivity contribution is 5.99. The molecule has 0 unspecified atom stereocenters. The molecule has 0 aliphatic heterocycles. The van der Waals surface area contributed by atoms with Crippen molar-refractivity contribution in [2.45, 2.75) is 0 Å². The molecular formula is C19H16F2N4O4. The van der Waals surface area contributed by atoms with E-state index in [-0.39, 0.29) is 11.5 Å².